The molecule has 0 bridgehead atoms. The summed E-state index contributed by atoms with van der Waals surface area (Å²) in [5, 5.41) is 4.12. The third-order valence-corrected chi connectivity index (χ3v) is 7.45. The van der Waals surface area contributed by atoms with E-state index < -0.39 is 0 Å². The maximum Gasteiger partial charge on any atom is 0.227 e. The van der Waals surface area contributed by atoms with Gasteiger partial charge in [0.1, 0.15) is 0 Å². The van der Waals surface area contributed by atoms with E-state index >= 15 is 0 Å². The van der Waals surface area contributed by atoms with Crippen LogP contribution in [0, 0.1) is 5.92 Å². The number of piperidine rings is 1. The molecule has 3 aromatic rings. The standard InChI is InChI=1S/C24H25N3O2S/c28-22(12-11-17-14-16-6-1-2-8-19(16)25-23(17)29)27-13-5-7-18(15-27)24-26-20-9-3-4-10-21(20)30-24/h1-4,6,8-10,17-18H,5,7,11-15H2,(H,25,29)/t17-,18-/m1/s1. The molecule has 0 aliphatic carbocycles. The number of carbonyl (C=O) groups excluding carboxylic acids is 2. The van der Waals surface area contributed by atoms with Crippen molar-refractivity contribution in [1.29, 1.82) is 0 Å². The Morgan fingerprint density at radius 1 is 1.17 bits per heavy atom. The summed E-state index contributed by atoms with van der Waals surface area (Å²) in [6.07, 6.45) is 3.81. The van der Waals surface area contributed by atoms with Crippen molar-refractivity contribution in [3.05, 3.63) is 59.1 Å². The van der Waals surface area contributed by atoms with Gasteiger partial charge in [-0.2, -0.15) is 0 Å². The molecule has 154 valence electrons. The molecule has 1 saturated heterocycles. The summed E-state index contributed by atoms with van der Waals surface area (Å²) in [6.45, 7) is 1.54. The Balaban J connectivity index is 1.20. The monoisotopic (exact) mass is 419 g/mol. The summed E-state index contributed by atoms with van der Waals surface area (Å²) in [5.74, 6) is 0.374. The van der Waals surface area contributed by atoms with E-state index in [9.17, 15) is 9.59 Å². The topological polar surface area (TPSA) is 62.3 Å². The van der Waals surface area contributed by atoms with Gasteiger partial charge in [0, 0.05) is 37.0 Å². The van der Waals surface area contributed by atoms with E-state index in [-0.39, 0.29) is 17.7 Å². The molecule has 2 atom stereocenters. The molecule has 2 aliphatic heterocycles. The number of amides is 2. The second-order valence-corrected chi connectivity index (χ2v) is 9.35. The summed E-state index contributed by atoms with van der Waals surface area (Å²) in [6, 6.07) is 16.1. The molecule has 30 heavy (non-hydrogen) atoms. The lowest BCUT2D eigenvalue weighted by Crippen LogP contribution is -2.39. The lowest BCUT2D eigenvalue weighted by molar-refractivity contribution is -0.133. The van der Waals surface area contributed by atoms with Gasteiger partial charge >= 0.3 is 0 Å². The molecule has 2 amide bonds. The van der Waals surface area contributed by atoms with Crippen molar-refractivity contribution in [2.24, 2.45) is 5.92 Å². The van der Waals surface area contributed by atoms with Gasteiger partial charge in [0.05, 0.1) is 15.2 Å². The van der Waals surface area contributed by atoms with E-state index in [0.717, 1.165) is 47.7 Å². The molecule has 2 aliphatic rings. The number of anilines is 1. The highest BCUT2D eigenvalue weighted by Crippen LogP contribution is 2.33. The summed E-state index contributed by atoms with van der Waals surface area (Å²) in [4.78, 5) is 32.1. The lowest BCUT2D eigenvalue weighted by Gasteiger charge is -2.32. The largest absolute Gasteiger partial charge is 0.342 e. The van der Waals surface area contributed by atoms with Gasteiger partial charge in [0.15, 0.2) is 0 Å². The van der Waals surface area contributed by atoms with E-state index in [0.29, 0.717) is 25.2 Å². The van der Waals surface area contributed by atoms with Gasteiger partial charge in [-0.05, 0) is 49.4 Å². The highest BCUT2D eigenvalue weighted by molar-refractivity contribution is 7.18. The summed E-state index contributed by atoms with van der Waals surface area (Å²) in [7, 11) is 0. The van der Waals surface area contributed by atoms with Crippen LogP contribution < -0.4 is 5.32 Å². The van der Waals surface area contributed by atoms with Gasteiger partial charge < -0.3 is 10.2 Å². The number of carbonyl (C=O) groups is 2. The van der Waals surface area contributed by atoms with E-state index in [2.05, 4.69) is 23.5 Å². The van der Waals surface area contributed by atoms with Crippen molar-refractivity contribution in [3.8, 4) is 0 Å². The molecular weight excluding hydrogens is 394 g/mol. The molecule has 2 aromatic carbocycles. The second-order valence-electron chi connectivity index (χ2n) is 8.28. The molecule has 1 aromatic heterocycles. The van der Waals surface area contributed by atoms with Crippen molar-refractivity contribution >= 4 is 39.1 Å². The van der Waals surface area contributed by atoms with E-state index in [4.69, 9.17) is 4.98 Å². The van der Waals surface area contributed by atoms with Crippen LogP contribution in [0.25, 0.3) is 10.2 Å². The van der Waals surface area contributed by atoms with Crippen LogP contribution in [-0.4, -0.2) is 34.8 Å². The highest BCUT2D eigenvalue weighted by atomic mass is 32.1. The van der Waals surface area contributed by atoms with Crippen LogP contribution in [0.2, 0.25) is 0 Å². The molecule has 0 saturated carbocycles. The Bertz CT molecular complexity index is 1060. The maximum absolute atomic E-state index is 12.9. The van der Waals surface area contributed by atoms with Gasteiger partial charge in [-0.25, -0.2) is 4.98 Å². The van der Waals surface area contributed by atoms with Crippen molar-refractivity contribution in [2.45, 2.75) is 38.0 Å². The Labute approximate surface area is 180 Å². The molecule has 1 fully saturated rings. The zero-order chi connectivity index (χ0) is 20.5. The molecule has 0 spiro atoms. The number of aromatic nitrogens is 1. The molecule has 0 unspecified atom stereocenters. The average Bonchev–Trinajstić information content (AvgIpc) is 3.22. The number of hydrogen-bond acceptors (Lipinski definition) is 4. The van der Waals surface area contributed by atoms with Crippen molar-refractivity contribution in [3.63, 3.8) is 0 Å². The minimum Gasteiger partial charge on any atom is -0.342 e. The van der Waals surface area contributed by atoms with Crippen LogP contribution in [0.1, 0.15) is 42.2 Å². The van der Waals surface area contributed by atoms with Gasteiger partial charge in [-0.3, -0.25) is 9.59 Å². The zero-order valence-electron chi connectivity index (χ0n) is 16.8. The number of hydrogen-bond donors (Lipinski definition) is 1. The van der Waals surface area contributed by atoms with Crippen molar-refractivity contribution < 1.29 is 9.59 Å². The number of benzene rings is 2. The molecule has 6 heteroatoms. The van der Waals surface area contributed by atoms with Crippen LogP contribution in [0.3, 0.4) is 0 Å². The maximum atomic E-state index is 12.9. The lowest BCUT2D eigenvalue weighted by atomic mass is 9.89. The van der Waals surface area contributed by atoms with E-state index in [1.165, 1.54) is 4.70 Å². The first-order valence-electron chi connectivity index (χ1n) is 10.7. The fourth-order valence-corrected chi connectivity index (χ4v) is 5.67. The summed E-state index contributed by atoms with van der Waals surface area (Å²) < 4.78 is 1.21. The van der Waals surface area contributed by atoms with E-state index in [1.54, 1.807) is 11.3 Å². The number of likely N-dealkylation sites (tertiary alicyclic amines) is 1. The van der Waals surface area contributed by atoms with Crippen LogP contribution >= 0.6 is 11.3 Å². The van der Waals surface area contributed by atoms with Gasteiger partial charge in [0.25, 0.3) is 0 Å². The Morgan fingerprint density at radius 3 is 2.90 bits per heavy atom. The molecule has 5 rings (SSSR count). The molecule has 5 nitrogen and oxygen atoms in total. The fraction of sp³-hybridized carbons (Fsp3) is 0.375. The summed E-state index contributed by atoms with van der Waals surface area (Å²) in [5.41, 5.74) is 3.10. The third-order valence-electron chi connectivity index (χ3n) is 6.25. The van der Waals surface area contributed by atoms with Crippen molar-refractivity contribution in [1.82, 2.24) is 9.88 Å². The van der Waals surface area contributed by atoms with Gasteiger partial charge in [-0.1, -0.05) is 30.3 Å². The minimum atomic E-state index is -0.131. The fourth-order valence-electron chi connectivity index (χ4n) is 4.57. The number of nitrogens with zero attached hydrogens (tertiary/aromatic N) is 2. The molecule has 0 radical (unpaired) electrons. The normalized spacial score (nSPS) is 21.3. The first-order valence-corrected chi connectivity index (χ1v) is 11.5. The molecular formula is C24H25N3O2S. The number of thiazole rings is 1. The van der Waals surface area contributed by atoms with Crippen molar-refractivity contribution in [2.75, 3.05) is 18.4 Å². The first kappa shape index (κ1) is 19.2. The number of fused-ring (bicyclic) bond motifs is 2. The first-order chi connectivity index (χ1) is 14.7. The number of nitrogens with one attached hydrogen (secondary N) is 1. The van der Waals surface area contributed by atoms with Crippen LogP contribution in [0.5, 0.6) is 0 Å². The number of para-hydroxylation sites is 2. The van der Waals surface area contributed by atoms with Crippen LogP contribution in [-0.2, 0) is 16.0 Å². The van der Waals surface area contributed by atoms with Gasteiger partial charge in [-0.15, -0.1) is 11.3 Å². The quantitative estimate of drug-likeness (QED) is 0.673. The van der Waals surface area contributed by atoms with E-state index in [1.807, 2.05) is 35.2 Å². The predicted molar refractivity (Wildman–Crippen MR) is 120 cm³/mol. The molecule has 1 N–H and O–H groups in total. The van der Waals surface area contributed by atoms with Crippen LogP contribution in [0.15, 0.2) is 48.5 Å². The highest BCUT2D eigenvalue weighted by Gasteiger charge is 2.30. The Morgan fingerprint density at radius 2 is 2.00 bits per heavy atom. The predicted octanol–water partition coefficient (Wildman–Crippen LogP) is 4.59. The summed E-state index contributed by atoms with van der Waals surface area (Å²) >= 11 is 1.75. The van der Waals surface area contributed by atoms with Crippen LogP contribution in [0.4, 0.5) is 5.69 Å². The second kappa shape index (κ2) is 8.19. The molecule has 3 heterocycles. The third kappa shape index (κ3) is 3.84. The Kier molecular flexibility index (Phi) is 5.25. The average molecular weight is 420 g/mol. The Hall–Kier alpha value is -2.73. The SMILES string of the molecule is O=C1Nc2ccccc2C[C@H]1CCC(=O)N1CCC[C@@H](c2nc3ccccc3s2)C1. The minimum absolute atomic E-state index is 0.0347. The smallest absolute Gasteiger partial charge is 0.227 e. The zero-order valence-corrected chi connectivity index (χ0v) is 17.7. The number of rotatable bonds is 4. The van der Waals surface area contributed by atoms with Gasteiger partial charge in [0.2, 0.25) is 11.8 Å².